The third kappa shape index (κ3) is 7.25. The minimum Gasteiger partial charge on any atom is -0.462 e. The molecule has 24 heavy (non-hydrogen) atoms. The Balaban J connectivity index is 2.70. The molecule has 0 bridgehead atoms. The van der Waals surface area contributed by atoms with Crippen LogP contribution in [-0.4, -0.2) is 26.6 Å². The number of carbonyl (C=O) groups excluding carboxylic acids is 2. The number of ether oxygens (including phenoxy) is 1. The van der Waals surface area contributed by atoms with Crippen molar-refractivity contribution in [3.05, 3.63) is 35.4 Å². The first-order valence-electron chi connectivity index (χ1n) is 7.94. The zero-order valence-corrected chi connectivity index (χ0v) is 15.7. The van der Waals surface area contributed by atoms with Crippen LogP contribution in [0, 0.1) is 11.3 Å². The Hall–Kier alpha value is -2.39. The zero-order valence-electron chi connectivity index (χ0n) is 14.7. The SMILES string of the molecule is CCOC(=O)/C(C#N)=C\c1ccc(NC(=O)CC[Si](C)(C)C)cc1. The summed E-state index contributed by atoms with van der Waals surface area (Å²) in [5.74, 6) is -0.631. The Morgan fingerprint density at radius 1 is 1.25 bits per heavy atom. The minimum atomic E-state index is -1.23. The summed E-state index contributed by atoms with van der Waals surface area (Å²) in [5, 5.41) is 11.9. The normalized spacial score (nSPS) is 11.5. The summed E-state index contributed by atoms with van der Waals surface area (Å²) in [7, 11) is -1.23. The Labute approximate surface area is 144 Å². The van der Waals surface area contributed by atoms with E-state index in [0.29, 0.717) is 17.7 Å². The average molecular weight is 344 g/mol. The van der Waals surface area contributed by atoms with Crippen molar-refractivity contribution in [1.29, 1.82) is 5.26 Å². The maximum absolute atomic E-state index is 11.9. The standard InChI is InChI=1S/C18H24N2O3Si/c1-5-23-18(22)15(13-19)12-14-6-8-16(9-7-14)20-17(21)10-11-24(2,3)4/h6-9,12H,5,10-11H2,1-4H3,(H,20,21)/b15-12-. The molecule has 0 saturated carbocycles. The van der Waals surface area contributed by atoms with Crippen LogP contribution in [0.5, 0.6) is 0 Å². The maximum Gasteiger partial charge on any atom is 0.348 e. The van der Waals surface area contributed by atoms with Crippen molar-refractivity contribution in [3.63, 3.8) is 0 Å². The van der Waals surface area contributed by atoms with Gasteiger partial charge in [0, 0.05) is 20.2 Å². The summed E-state index contributed by atoms with van der Waals surface area (Å²) < 4.78 is 4.81. The van der Waals surface area contributed by atoms with Crippen LogP contribution in [0.3, 0.4) is 0 Å². The lowest BCUT2D eigenvalue weighted by atomic mass is 10.1. The van der Waals surface area contributed by atoms with Crippen molar-refractivity contribution in [2.75, 3.05) is 11.9 Å². The van der Waals surface area contributed by atoms with E-state index in [1.54, 1.807) is 31.2 Å². The summed E-state index contributed by atoms with van der Waals surface area (Å²) >= 11 is 0. The number of nitriles is 1. The molecule has 1 rings (SSSR count). The molecule has 0 fully saturated rings. The Bertz CT molecular complexity index is 652. The van der Waals surface area contributed by atoms with Crippen molar-refractivity contribution < 1.29 is 14.3 Å². The molecule has 0 aliphatic rings. The van der Waals surface area contributed by atoms with Crippen LogP contribution in [-0.2, 0) is 14.3 Å². The number of hydrogen-bond donors (Lipinski definition) is 1. The molecule has 6 heteroatoms. The van der Waals surface area contributed by atoms with Crippen molar-refractivity contribution in [1.82, 2.24) is 0 Å². The summed E-state index contributed by atoms with van der Waals surface area (Å²) in [4.78, 5) is 23.5. The number of nitrogens with one attached hydrogen (secondary N) is 1. The van der Waals surface area contributed by atoms with Gasteiger partial charge in [-0.1, -0.05) is 31.8 Å². The molecule has 128 valence electrons. The second kappa shape index (κ2) is 9.04. The van der Waals surface area contributed by atoms with E-state index in [4.69, 9.17) is 10.00 Å². The molecule has 0 aliphatic heterocycles. The smallest absolute Gasteiger partial charge is 0.348 e. The highest BCUT2D eigenvalue weighted by atomic mass is 28.3. The Morgan fingerprint density at radius 3 is 2.38 bits per heavy atom. The Kier molecular flexibility index (Phi) is 7.40. The zero-order chi connectivity index (χ0) is 18.2. The van der Waals surface area contributed by atoms with Crippen LogP contribution in [0.2, 0.25) is 25.7 Å². The van der Waals surface area contributed by atoms with E-state index in [0.717, 1.165) is 6.04 Å². The Morgan fingerprint density at radius 2 is 1.88 bits per heavy atom. The van der Waals surface area contributed by atoms with E-state index in [-0.39, 0.29) is 18.1 Å². The van der Waals surface area contributed by atoms with Gasteiger partial charge in [0.05, 0.1) is 6.61 Å². The first-order chi connectivity index (χ1) is 11.2. The van der Waals surface area contributed by atoms with Crippen LogP contribution >= 0.6 is 0 Å². The number of anilines is 1. The summed E-state index contributed by atoms with van der Waals surface area (Å²) in [6.07, 6.45) is 1.99. The van der Waals surface area contributed by atoms with Crippen LogP contribution in [0.4, 0.5) is 5.69 Å². The lowest BCUT2D eigenvalue weighted by Gasteiger charge is -2.15. The van der Waals surface area contributed by atoms with E-state index in [1.165, 1.54) is 6.08 Å². The predicted octanol–water partition coefficient (Wildman–Crippen LogP) is 3.82. The van der Waals surface area contributed by atoms with E-state index in [9.17, 15) is 9.59 Å². The van der Waals surface area contributed by atoms with Crippen molar-refractivity contribution in [2.24, 2.45) is 0 Å². The van der Waals surface area contributed by atoms with Crippen LogP contribution in [0.25, 0.3) is 6.08 Å². The number of amides is 1. The van der Waals surface area contributed by atoms with Gasteiger partial charge in [0.2, 0.25) is 5.91 Å². The molecule has 1 N–H and O–H groups in total. The summed E-state index contributed by atoms with van der Waals surface area (Å²) in [6, 6.07) is 9.76. The van der Waals surface area contributed by atoms with Gasteiger partial charge in [-0.3, -0.25) is 4.79 Å². The molecular weight excluding hydrogens is 320 g/mol. The van der Waals surface area contributed by atoms with E-state index in [2.05, 4.69) is 25.0 Å². The number of benzene rings is 1. The van der Waals surface area contributed by atoms with Crippen LogP contribution in [0.15, 0.2) is 29.8 Å². The molecule has 0 unspecified atom stereocenters. The van der Waals surface area contributed by atoms with Gasteiger partial charge in [-0.05, 0) is 36.7 Å². The van der Waals surface area contributed by atoms with Gasteiger partial charge in [0.15, 0.2) is 0 Å². The highest BCUT2D eigenvalue weighted by Gasteiger charge is 2.15. The van der Waals surface area contributed by atoms with Gasteiger partial charge in [0.25, 0.3) is 0 Å². The largest absolute Gasteiger partial charge is 0.462 e. The molecule has 5 nitrogen and oxygen atoms in total. The quantitative estimate of drug-likeness (QED) is 0.353. The van der Waals surface area contributed by atoms with E-state index >= 15 is 0 Å². The third-order valence-electron chi connectivity index (χ3n) is 3.22. The summed E-state index contributed by atoms with van der Waals surface area (Å²) in [5.41, 5.74) is 1.34. The van der Waals surface area contributed by atoms with Crippen LogP contribution in [0.1, 0.15) is 18.9 Å². The number of carbonyl (C=O) groups is 2. The second-order valence-corrected chi connectivity index (χ2v) is 12.2. The molecule has 1 aromatic carbocycles. The number of esters is 1. The molecule has 1 amide bonds. The minimum absolute atomic E-state index is 0.00459. The van der Waals surface area contributed by atoms with Crippen molar-refractivity contribution in [3.8, 4) is 6.07 Å². The van der Waals surface area contributed by atoms with Crippen molar-refractivity contribution in [2.45, 2.75) is 39.0 Å². The second-order valence-electron chi connectivity index (χ2n) is 6.62. The number of hydrogen-bond acceptors (Lipinski definition) is 4. The fourth-order valence-corrected chi connectivity index (χ4v) is 2.86. The number of nitrogens with zero attached hydrogens (tertiary/aromatic N) is 1. The number of rotatable bonds is 7. The molecule has 0 heterocycles. The fraction of sp³-hybridized carbons (Fsp3) is 0.389. The highest BCUT2D eigenvalue weighted by Crippen LogP contribution is 2.15. The van der Waals surface area contributed by atoms with Crippen LogP contribution < -0.4 is 5.32 Å². The first-order valence-corrected chi connectivity index (χ1v) is 11.6. The highest BCUT2D eigenvalue weighted by molar-refractivity contribution is 6.76. The van der Waals surface area contributed by atoms with Gasteiger partial charge in [0.1, 0.15) is 11.6 Å². The lowest BCUT2D eigenvalue weighted by Crippen LogP contribution is -2.22. The topological polar surface area (TPSA) is 79.2 Å². The molecule has 0 aliphatic carbocycles. The molecule has 0 spiro atoms. The van der Waals surface area contributed by atoms with E-state index in [1.807, 2.05) is 6.07 Å². The maximum atomic E-state index is 11.9. The molecular formula is C18H24N2O3Si. The predicted molar refractivity (Wildman–Crippen MR) is 98.1 cm³/mol. The van der Waals surface area contributed by atoms with Gasteiger partial charge in [-0.15, -0.1) is 0 Å². The average Bonchev–Trinajstić information content (AvgIpc) is 2.51. The van der Waals surface area contributed by atoms with E-state index < -0.39 is 14.0 Å². The van der Waals surface area contributed by atoms with Gasteiger partial charge >= 0.3 is 5.97 Å². The fourth-order valence-electron chi connectivity index (χ4n) is 1.89. The van der Waals surface area contributed by atoms with Gasteiger partial charge < -0.3 is 10.1 Å². The third-order valence-corrected chi connectivity index (χ3v) is 4.97. The van der Waals surface area contributed by atoms with Gasteiger partial charge in [-0.2, -0.15) is 5.26 Å². The van der Waals surface area contributed by atoms with Crippen molar-refractivity contribution >= 4 is 31.7 Å². The molecule has 0 aromatic heterocycles. The monoisotopic (exact) mass is 344 g/mol. The summed E-state index contributed by atoms with van der Waals surface area (Å²) in [6.45, 7) is 8.61. The molecule has 0 atom stereocenters. The molecule has 0 radical (unpaired) electrons. The molecule has 1 aromatic rings. The molecule has 0 saturated heterocycles. The lowest BCUT2D eigenvalue weighted by molar-refractivity contribution is -0.137. The first kappa shape index (κ1) is 19.7. The van der Waals surface area contributed by atoms with Gasteiger partial charge in [-0.25, -0.2) is 4.79 Å².